The lowest BCUT2D eigenvalue weighted by molar-refractivity contribution is 0.160. The molecule has 21 heavy (non-hydrogen) atoms. The number of rotatable bonds is 4. The zero-order chi connectivity index (χ0) is 14.8. The van der Waals surface area contributed by atoms with E-state index in [0.717, 1.165) is 28.1 Å². The van der Waals surface area contributed by atoms with Gasteiger partial charge in [-0.15, -0.1) is 0 Å². The normalized spacial score (nSPS) is 18.0. The summed E-state index contributed by atoms with van der Waals surface area (Å²) in [6.07, 6.45) is 4.00. The van der Waals surface area contributed by atoms with Crippen molar-refractivity contribution in [3.05, 3.63) is 23.0 Å². The molecule has 2 aromatic rings. The van der Waals surface area contributed by atoms with Crippen molar-refractivity contribution in [3.63, 3.8) is 0 Å². The van der Waals surface area contributed by atoms with Crippen LogP contribution in [-0.4, -0.2) is 40.7 Å². The van der Waals surface area contributed by atoms with Crippen LogP contribution in [0.1, 0.15) is 26.2 Å². The number of fused-ring (bicyclic) bond motifs is 1. The van der Waals surface area contributed by atoms with Crippen LogP contribution >= 0.6 is 12.2 Å². The van der Waals surface area contributed by atoms with Gasteiger partial charge in [0.2, 0.25) is 0 Å². The topological polar surface area (TPSA) is 33.2 Å². The molecule has 1 aromatic heterocycles. The Morgan fingerprint density at radius 2 is 2.05 bits per heavy atom. The van der Waals surface area contributed by atoms with Crippen LogP contribution in [0.4, 0.5) is 0 Å². The molecule has 1 aromatic carbocycles. The predicted molar refractivity (Wildman–Crippen MR) is 88.6 cm³/mol. The Kier molecular flexibility index (Phi) is 4.31. The van der Waals surface area contributed by atoms with E-state index in [1.54, 1.807) is 7.11 Å². The van der Waals surface area contributed by atoms with Crippen molar-refractivity contribution in [1.29, 1.82) is 0 Å². The highest BCUT2D eigenvalue weighted by Crippen LogP contribution is 2.22. The van der Waals surface area contributed by atoms with Crippen molar-refractivity contribution in [2.75, 3.05) is 20.2 Å². The minimum absolute atomic E-state index is 0.502. The van der Waals surface area contributed by atoms with Crippen LogP contribution in [0, 0.1) is 4.77 Å². The van der Waals surface area contributed by atoms with Gasteiger partial charge in [-0.05, 0) is 57.2 Å². The number of nitrogens with one attached hydrogen (secondary N) is 1. The summed E-state index contributed by atoms with van der Waals surface area (Å²) in [5, 5.41) is 0. The van der Waals surface area contributed by atoms with Crippen LogP contribution in [0.25, 0.3) is 11.0 Å². The Hall–Kier alpha value is -1.33. The highest BCUT2D eigenvalue weighted by molar-refractivity contribution is 7.71. The summed E-state index contributed by atoms with van der Waals surface area (Å²) in [4.78, 5) is 5.86. The van der Waals surface area contributed by atoms with E-state index >= 15 is 0 Å². The second-order valence-electron chi connectivity index (χ2n) is 5.87. The van der Waals surface area contributed by atoms with Gasteiger partial charge in [-0.3, -0.25) is 4.90 Å². The number of nitrogens with zero attached hydrogens (tertiary/aromatic N) is 2. The summed E-state index contributed by atoms with van der Waals surface area (Å²) in [5.41, 5.74) is 2.20. The van der Waals surface area contributed by atoms with Crippen molar-refractivity contribution in [2.45, 2.75) is 38.8 Å². The van der Waals surface area contributed by atoms with E-state index in [9.17, 15) is 0 Å². The number of ether oxygens (including phenoxy) is 1. The molecule has 0 radical (unpaired) electrons. The summed E-state index contributed by atoms with van der Waals surface area (Å²) in [6.45, 7) is 5.64. The molecule has 1 unspecified atom stereocenters. The zero-order valence-electron chi connectivity index (χ0n) is 12.8. The lowest BCUT2D eigenvalue weighted by Gasteiger charge is -2.32. The number of benzene rings is 1. The summed E-state index contributed by atoms with van der Waals surface area (Å²) in [7, 11) is 1.70. The predicted octanol–water partition coefficient (Wildman–Crippen LogP) is 3.58. The Bertz CT molecular complexity index is 670. The largest absolute Gasteiger partial charge is 0.497 e. The molecule has 1 atom stereocenters. The molecule has 1 fully saturated rings. The molecule has 5 heteroatoms. The van der Waals surface area contributed by atoms with Crippen LogP contribution in [0.5, 0.6) is 5.75 Å². The third kappa shape index (κ3) is 2.99. The maximum atomic E-state index is 5.50. The Balaban J connectivity index is 1.88. The first kappa shape index (κ1) is 14.6. The molecule has 1 saturated heterocycles. The van der Waals surface area contributed by atoms with E-state index in [1.165, 1.54) is 32.4 Å². The summed E-state index contributed by atoms with van der Waals surface area (Å²) in [5.74, 6) is 0.871. The van der Waals surface area contributed by atoms with Crippen LogP contribution in [-0.2, 0) is 6.54 Å². The number of hydrogen-bond acceptors (Lipinski definition) is 3. The molecule has 3 rings (SSSR count). The molecule has 1 aliphatic heterocycles. The number of piperidine rings is 1. The number of aromatic amines is 1. The Labute approximate surface area is 130 Å². The summed E-state index contributed by atoms with van der Waals surface area (Å²) < 4.78 is 8.33. The number of imidazole rings is 1. The van der Waals surface area contributed by atoms with Gasteiger partial charge >= 0.3 is 0 Å². The highest BCUT2D eigenvalue weighted by Gasteiger charge is 2.18. The maximum Gasteiger partial charge on any atom is 0.178 e. The molecule has 0 bridgehead atoms. The quantitative estimate of drug-likeness (QED) is 0.877. The van der Waals surface area contributed by atoms with E-state index in [1.807, 2.05) is 12.1 Å². The molecule has 1 aliphatic rings. The molecule has 2 heterocycles. The molecular formula is C16H23N3OS. The fourth-order valence-corrected chi connectivity index (χ4v) is 3.46. The first-order chi connectivity index (χ1) is 10.2. The standard InChI is InChI=1S/C16H23N3OS/c1-12(18-8-4-3-5-9-18)11-19-15-10-13(20-2)6-7-14(15)17-16(19)21/h6-7,10,12H,3-5,8-9,11H2,1-2H3,(H,17,21). The minimum atomic E-state index is 0.502. The van der Waals surface area contributed by atoms with E-state index in [4.69, 9.17) is 17.0 Å². The average molecular weight is 305 g/mol. The number of likely N-dealkylation sites (tertiary alicyclic amines) is 1. The maximum absolute atomic E-state index is 5.50. The van der Waals surface area contributed by atoms with Crippen LogP contribution in [0.3, 0.4) is 0 Å². The lowest BCUT2D eigenvalue weighted by atomic mass is 10.1. The van der Waals surface area contributed by atoms with E-state index in [-0.39, 0.29) is 0 Å². The first-order valence-corrected chi connectivity index (χ1v) is 8.10. The first-order valence-electron chi connectivity index (χ1n) is 7.69. The van der Waals surface area contributed by atoms with Gasteiger partial charge in [0.25, 0.3) is 0 Å². The second kappa shape index (κ2) is 6.20. The number of methoxy groups -OCH3 is 1. The van der Waals surface area contributed by atoms with Crippen LogP contribution in [0.15, 0.2) is 18.2 Å². The van der Waals surface area contributed by atoms with Gasteiger partial charge in [-0.2, -0.15) is 0 Å². The average Bonchev–Trinajstić information content (AvgIpc) is 2.83. The van der Waals surface area contributed by atoms with Gasteiger partial charge in [0, 0.05) is 18.7 Å². The minimum Gasteiger partial charge on any atom is -0.497 e. The van der Waals surface area contributed by atoms with Crippen molar-refractivity contribution in [2.24, 2.45) is 0 Å². The van der Waals surface area contributed by atoms with Crippen molar-refractivity contribution in [1.82, 2.24) is 14.5 Å². The smallest absolute Gasteiger partial charge is 0.178 e. The van der Waals surface area contributed by atoms with E-state index in [2.05, 4.69) is 27.4 Å². The van der Waals surface area contributed by atoms with Gasteiger partial charge in [-0.1, -0.05) is 6.42 Å². The summed E-state index contributed by atoms with van der Waals surface area (Å²) in [6, 6.07) is 6.56. The summed E-state index contributed by atoms with van der Waals surface area (Å²) >= 11 is 5.50. The molecule has 114 valence electrons. The van der Waals surface area contributed by atoms with Gasteiger partial charge < -0.3 is 14.3 Å². The number of hydrogen-bond donors (Lipinski definition) is 1. The van der Waals surface area contributed by atoms with Crippen LogP contribution < -0.4 is 4.74 Å². The Morgan fingerprint density at radius 3 is 2.76 bits per heavy atom. The molecule has 0 saturated carbocycles. The third-order valence-corrected chi connectivity index (χ3v) is 4.77. The fraction of sp³-hybridized carbons (Fsp3) is 0.562. The van der Waals surface area contributed by atoms with Crippen LogP contribution in [0.2, 0.25) is 0 Å². The third-order valence-electron chi connectivity index (χ3n) is 4.44. The monoisotopic (exact) mass is 305 g/mol. The van der Waals surface area contributed by atoms with Gasteiger partial charge in [0.15, 0.2) is 4.77 Å². The molecule has 4 nitrogen and oxygen atoms in total. The van der Waals surface area contributed by atoms with Gasteiger partial charge in [0.05, 0.1) is 18.1 Å². The van der Waals surface area contributed by atoms with Crippen molar-refractivity contribution in [3.8, 4) is 5.75 Å². The zero-order valence-corrected chi connectivity index (χ0v) is 13.6. The Morgan fingerprint density at radius 1 is 1.29 bits per heavy atom. The van der Waals surface area contributed by atoms with E-state index in [0.29, 0.717) is 6.04 Å². The molecule has 0 aliphatic carbocycles. The van der Waals surface area contributed by atoms with Gasteiger partial charge in [-0.25, -0.2) is 0 Å². The molecule has 1 N–H and O–H groups in total. The van der Waals surface area contributed by atoms with Gasteiger partial charge in [0.1, 0.15) is 5.75 Å². The fourth-order valence-electron chi connectivity index (χ4n) is 3.18. The van der Waals surface area contributed by atoms with Crippen molar-refractivity contribution >= 4 is 23.3 Å². The van der Waals surface area contributed by atoms with Crippen molar-refractivity contribution < 1.29 is 4.74 Å². The highest BCUT2D eigenvalue weighted by atomic mass is 32.1. The molecule has 0 spiro atoms. The number of aromatic nitrogens is 2. The SMILES string of the molecule is COc1ccc2[nH]c(=S)n(CC(C)N3CCCCC3)c2c1. The van der Waals surface area contributed by atoms with E-state index < -0.39 is 0 Å². The lowest BCUT2D eigenvalue weighted by Crippen LogP contribution is -2.39. The molecular weight excluding hydrogens is 282 g/mol. The second-order valence-corrected chi connectivity index (χ2v) is 6.26. The number of H-pyrrole nitrogens is 1. The molecule has 0 amide bonds.